The highest BCUT2D eigenvalue weighted by atomic mass is 32.2. The number of nitrogens with zero attached hydrogens (tertiary/aromatic N) is 1. The minimum absolute atomic E-state index is 0.365. The molecule has 0 bridgehead atoms. The Kier molecular flexibility index (Phi) is 8.52. The lowest BCUT2D eigenvalue weighted by Gasteiger charge is -2.22. The summed E-state index contributed by atoms with van der Waals surface area (Å²) in [6.45, 7) is 1.41. The molecule has 2 rings (SSSR count). The predicted molar refractivity (Wildman–Crippen MR) is 111 cm³/mol. The van der Waals surface area contributed by atoms with E-state index in [0.29, 0.717) is 30.6 Å². The molecule has 0 saturated heterocycles. The fourth-order valence-electron chi connectivity index (χ4n) is 3.30. The summed E-state index contributed by atoms with van der Waals surface area (Å²) in [7, 11) is 0. The number of amides is 2. The van der Waals surface area contributed by atoms with Crippen LogP contribution >= 0.6 is 11.8 Å². The average Bonchev–Trinajstić information content (AvgIpc) is 3.18. The summed E-state index contributed by atoms with van der Waals surface area (Å²) >= 11 is 1.55. The third kappa shape index (κ3) is 6.79. The van der Waals surface area contributed by atoms with Gasteiger partial charge in [0.15, 0.2) is 6.61 Å². The number of rotatable bonds is 9. The maximum atomic E-state index is 12.5. The summed E-state index contributed by atoms with van der Waals surface area (Å²) in [6.07, 6.45) is 5.27. The number of hydrogen-bond acceptors (Lipinski definition) is 6. The van der Waals surface area contributed by atoms with E-state index in [2.05, 4.69) is 16.7 Å². The molecule has 0 aromatic heterocycles. The molecule has 2 N–H and O–H groups in total. The van der Waals surface area contributed by atoms with Gasteiger partial charge in [0, 0.05) is 5.56 Å². The number of carbonyl (C=O) groups is 3. The van der Waals surface area contributed by atoms with Crippen LogP contribution in [0.25, 0.3) is 0 Å². The van der Waals surface area contributed by atoms with Crippen LogP contribution in [0.2, 0.25) is 0 Å². The van der Waals surface area contributed by atoms with Crippen LogP contribution in [-0.2, 0) is 14.3 Å². The second-order valence-electron chi connectivity index (χ2n) is 7.23. The Bertz CT molecular complexity index is 784. The highest BCUT2D eigenvalue weighted by molar-refractivity contribution is 7.98. The number of benzene rings is 1. The summed E-state index contributed by atoms with van der Waals surface area (Å²) in [5.41, 5.74) is 0.541. The van der Waals surface area contributed by atoms with Crippen LogP contribution in [0.4, 0.5) is 0 Å². The molecule has 2 amide bonds. The van der Waals surface area contributed by atoms with E-state index in [4.69, 9.17) is 4.74 Å². The van der Waals surface area contributed by atoms with Crippen LogP contribution in [0.15, 0.2) is 24.3 Å². The summed E-state index contributed by atoms with van der Waals surface area (Å²) in [6, 6.07) is 8.39. The molecule has 1 aromatic rings. The first-order chi connectivity index (χ1) is 13.9. The van der Waals surface area contributed by atoms with Gasteiger partial charge in [0.2, 0.25) is 0 Å². The van der Waals surface area contributed by atoms with Crippen molar-refractivity contribution in [3.8, 4) is 6.07 Å². The smallest absolute Gasteiger partial charge is 0.329 e. The van der Waals surface area contributed by atoms with Gasteiger partial charge in [-0.2, -0.15) is 17.0 Å². The van der Waals surface area contributed by atoms with E-state index >= 15 is 0 Å². The van der Waals surface area contributed by atoms with Crippen molar-refractivity contribution in [1.82, 2.24) is 10.6 Å². The molecule has 0 aliphatic heterocycles. The zero-order valence-corrected chi connectivity index (χ0v) is 17.6. The largest absolute Gasteiger partial charge is 0.454 e. The standard InChI is InChI=1S/C21H27N3O4S/c1-15-6-5-7-16(12-15)19(26)23-17(8-11-29-2)20(27)28-13-18(25)24-21(14-22)9-3-4-10-21/h5-7,12,17H,3-4,8-11,13H2,1-2H3,(H,23,26)(H,24,25)/t17-/m1/s1. The van der Waals surface area contributed by atoms with E-state index in [0.717, 1.165) is 18.4 Å². The molecule has 1 aromatic carbocycles. The quantitative estimate of drug-likeness (QED) is 0.597. The van der Waals surface area contributed by atoms with E-state index < -0.39 is 30.1 Å². The number of ether oxygens (including phenoxy) is 1. The average molecular weight is 418 g/mol. The normalized spacial score (nSPS) is 15.8. The predicted octanol–water partition coefficient (Wildman–Crippen LogP) is 2.34. The molecule has 156 valence electrons. The number of nitriles is 1. The molecule has 1 atom stereocenters. The molecule has 1 aliphatic carbocycles. The number of hydrogen-bond donors (Lipinski definition) is 2. The maximum absolute atomic E-state index is 12.5. The van der Waals surface area contributed by atoms with E-state index in [1.165, 1.54) is 0 Å². The van der Waals surface area contributed by atoms with Gasteiger partial charge in [-0.25, -0.2) is 4.79 Å². The van der Waals surface area contributed by atoms with Crippen LogP contribution in [0.3, 0.4) is 0 Å². The first kappa shape index (κ1) is 22.8. The third-order valence-electron chi connectivity index (χ3n) is 4.88. The highest BCUT2D eigenvalue weighted by Gasteiger charge is 2.35. The highest BCUT2D eigenvalue weighted by Crippen LogP contribution is 2.28. The topological polar surface area (TPSA) is 108 Å². The molecule has 0 spiro atoms. The molecule has 7 nitrogen and oxygen atoms in total. The molecular formula is C21H27N3O4S. The van der Waals surface area contributed by atoms with Gasteiger partial charge < -0.3 is 15.4 Å². The van der Waals surface area contributed by atoms with Gasteiger partial charge in [0.25, 0.3) is 11.8 Å². The van der Waals surface area contributed by atoms with Gasteiger partial charge in [-0.05, 0) is 63.2 Å². The van der Waals surface area contributed by atoms with Crippen molar-refractivity contribution in [2.45, 2.75) is 50.6 Å². The zero-order chi connectivity index (χ0) is 21.3. The van der Waals surface area contributed by atoms with E-state index in [1.54, 1.807) is 30.0 Å². The lowest BCUT2D eigenvalue weighted by molar-refractivity contribution is -0.150. The van der Waals surface area contributed by atoms with E-state index in [1.807, 2.05) is 19.2 Å². The Morgan fingerprint density at radius 2 is 2.03 bits per heavy atom. The van der Waals surface area contributed by atoms with Crippen molar-refractivity contribution in [3.63, 3.8) is 0 Å². The van der Waals surface area contributed by atoms with Crippen molar-refractivity contribution in [2.75, 3.05) is 18.6 Å². The Balaban J connectivity index is 1.93. The maximum Gasteiger partial charge on any atom is 0.329 e. The molecule has 1 saturated carbocycles. The van der Waals surface area contributed by atoms with Crippen molar-refractivity contribution >= 4 is 29.5 Å². The Hall–Kier alpha value is -2.53. The molecular weight excluding hydrogens is 390 g/mol. The van der Waals surface area contributed by atoms with Gasteiger partial charge in [0.1, 0.15) is 11.6 Å². The van der Waals surface area contributed by atoms with E-state index in [-0.39, 0.29) is 5.91 Å². The fraction of sp³-hybridized carbons (Fsp3) is 0.524. The van der Waals surface area contributed by atoms with Crippen LogP contribution in [0, 0.1) is 18.3 Å². The lowest BCUT2D eigenvalue weighted by Crippen LogP contribution is -2.48. The Morgan fingerprint density at radius 1 is 1.31 bits per heavy atom. The Morgan fingerprint density at radius 3 is 2.66 bits per heavy atom. The van der Waals surface area contributed by atoms with E-state index in [9.17, 15) is 19.6 Å². The summed E-state index contributed by atoms with van der Waals surface area (Å²) in [5, 5.41) is 14.7. The van der Waals surface area contributed by atoms with Crippen molar-refractivity contribution < 1.29 is 19.1 Å². The van der Waals surface area contributed by atoms with Crippen LogP contribution in [0.1, 0.15) is 48.0 Å². The zero-order valence-electron chi connectivity index (χ0n) is 16.8. The monoisotopic (exact) mass is 417 g/mol. The van der Waals surface area contributed by atoms with Gasteiger partial charge >= 0.3 is 5.97 Å². The minimum atomic E-state index is -0.860. The molecule has 1 aliphatic rings. The van der Waals surface area contributed by atoms with Gasteiger partial charge in [0.05, 0.1) is 6.07 Å². The Labute approximate surface area is 175 Å². The molecule has 0 heterocycles. The van der Waals surface area contributed by atoms with Crippen molar-refractivity contribution in [2.24, 2.45) is 0 Å². The molecule has 1 fully saturated rings. The van der Waals surface area contributed by atoms with Gasteiger partial charge in [-0.15, -0.1) is 0 Å². The molecule has 29 heavy (non-hydrogen) atoms. The number of carbonyl (C=O) groups excluding carboxylic acids is 3. The third-order valence-corrected chi connectivity index (χ3v) is 5.52. The molecule has 8 heteroatoms. The van der Waals surface area contributed by atoms with Crippen molar-refractivity contribution in [3.05, 3.63) is 35.4 Å². The van der Waals surface area contributed by atoms with Gasteiger partial charge in [-0.1, -0.05) is 17.7 Å². The van der Waals surface area contributed by atoms with Crippen molar-refractivity contribution in [1.29, 1.82) is 5.26 Å². The lowest BCUT2D eigenvalue weighted by atomic mass is 10.00. The van der Waals surface area contributed by atoms with Crippen LogP contribution < -0.4 is 10.6 Å². The summed E-state index contributed by atoms with van der Waals surface area (Å²) in [4.78, 5) is 37.1. The molecule has 0 unspecified atom stereocenters. The fourth-order valence-corrected chi connectivity index (χ4v) is 3.77. The van der Waals surface area contributed by atoms with Crippen LogP contribution in [0.5, 0.6) is 0 Å². The summed E-state index contributed by atoms with van der Waals surface area (Å²) in [5.74, 6) is -0.879. The molecule has 0 radical (unpaired) electrons. The number of aryl methyl sites for hydroxylation is 1. The second kappa shape index (κ2) is 10.9. The first-order valence-electron chi connectivity index (χ1n) is 9.64. The second-order valence-corrected chi connectivity index (χ2v) is 8.22. The SMILES string of the molecule is CSCC[C@@H](NC(=O)c1cccc(C)c1)C(=O)OCC(=O)NC1(C#N)CCCC1. The first-order valence-corrected chi connectivity index (χ1v) is 11.0. The number of esters is 1. The number of thioether (sulfide) groups is 1. The van der Waals surface area contributed by atoms with Crippen LogP contribution in [-0.4, -0.2) is 48.0 Å². The summed E-state index contributed by atoms with van der Waals surface area (Å²) < 4.78 is 5.14. The minimum Gasteiger partial charge on any atom is -0.454 e. The number of nitrogens with one attached hydrogen (secondary N) is 2. The van der Waals surface area contributed by atoms with Gasteiger partial charge in [-0.3, -0.25) is 9.59 Å².